The Morgan fingerprint density at radius 3 is 2.68 bits per heavy atom. The van der Waals surface area contributed by atoms with Crippen molar-refractivity contribution in [2.45, 2.75) is 6.92 Å². The molecule has 3 rings (SSSR count). The first-order valence-electron chi connectivity index (χ1n) is 6.66. The van der Waals surface area contributed by atoms with Gasteiger partial charge in [-0.05, 0) is 18.6 Å². The third kappa shape index (κ3) is 2.80. The van der Waals surface area contributed by atoms with Gasteiger partial charge in [-0.2, -0.15) is 0 Å². The lowest BCUT2D eigenvalue weighted by molar-refractivity contribution is 0.102. The van der Waals surface area contributed by atoms with Crippen LogP contribution in [0.3, 0.4) is 0 Å². The maximum absolute atomic E-state index is 12.2. The number of H-pyrrole nitrogens is 1. The van der Waals surface area contributed by atoms with E-state index in [9.17, 15) is 9.59 Å². The Hall–Kier alpha value is -3.15. The fraction of sp³-hybridized carbons (Fsp3) is 0.0625. The number of carbonyl (C=O) groups excluding carboxylic acids is 1. The van der Waals surface area contributed by atoms with Crippen LogP contribution in [0.25, 0.3) is 11.1 Å². The monoisotopic (exact) mass is 295 g/mol. The van der Waals surface area contributed by atoms with Crippen molar-refractivity contribution in [1.29, 1.82) is 0 Å². The van der Waals surface area contributed by atoms with Gasteiger partial charge in [0.1, 0.15) is 5.76 Å². The first-order chi connectivity index (χ1) is 10.6. The number of anilines is 1. The molecule has 22 heavy (non-hydrogen) atoms. The summed E-state index contributed by atoms with van der Waals surface area (Å²) in [6.45, 7) is 1.73. The Kier molecular flexibility index (Phi) is 3.57. The standard InChI is InChI=1S/C16H13N3O3/c1-10-7-14(19-22-10)18-15(20)12-8-13(16(21)17-9-12)11-5-3-2-4-6-11/h2-9H,1H3,(H,17,21)(H,18,19,20). The fourth-order valence-corrected chi connectivity index (χ4v) is 2.06. The van der Waals surface area contributed by atoms with Gasteiger partial charge in [0.25, 0.3) is 11.5 Å². The lowest BCUT2D eigenvalue weighted by Crippen LogP contribution is -2.16. The number of aromatic amines is 1. The van der Waals surface area contributed by atoms with Gasteiger partial charge in [0.05, 0.1) is 5.56 Å². The Labute approximate surface area is 125 Å². The van der Waals surface area contributed by atoms with Gasteiger partial charge < -0.3 is 14.8 Å². The maximum atomic E-state index is 12.2. The molecule has 2 aromatic heterocycles. The van der Waals surface area contributed by atoms with Crippen molar-refractivity contribution >= 4 is 11.7 Å². The van der Waals surface area contributed by atoms with Crippen molar-refractivity contribution in [3.8, 4) is 11.1 Å². The second-order valence-electron chi connectivity index (χ2n) is 4.77. The van der Waals surface area contributed by atoms with Crippen LogP contribution in [-0.2, 0) is 0 Å². The summed E-state index contributed by atoms with van der Waals surface area (Å²) in [4.78, 5) is 26.7. The van der Waals surface area contributed by atoms with E-state index in [1.165, 1.54) is 6.20 Å². The summed E-state index contributed by atoms with van der Waals surface area (Å²) in [6, 6.07) is 12.3. The predicted molar refractivity (Wildman–Crippen MR) is 81.7 cm³/mol. The van der Waals surface area contributed by atoms with Gasteiger partial charge in [-0.1, -0.05) is 35.5 Å². The molecule has 0 atom stereocenters. The third-order valence-electron chi connectivity index (χ3n) is 3.12. The molecule has 0 spiro atoms. The van der Waals surface area contributed by atoms with Gasteiger partial charge in [0.2, 0.25) is 0 Å². The summed E-state index contributed by atoms with van der Waals surface area (Å²) in [7, 11) is 0. The zero-order chi connectivity index (χ0) is 15.5. The second kappa shape index (κ2) is 5.69. The SMILES string of the molecule is Cc1cc(NC(=O)c2c[nH]c(=O)c(-c3ccccc3)c2)no1. The van der Waals surface area contributed by atoms with Crippen molar-refractivity contribution in [2.24, 2.45) is 0 Å². The molecular formula is C16H13N3O3. The molecule has 3 aromatic rings. The fourth-order valence-electron chi connectivity index (χ4n) is 2.06. The van der Waals surface area contributed by atoms with E-state index in [0.717, 1.165) is 5.56 Å². The number of hydrogen-bond acceptors (Lipinski definition) is 4. The summed E-state index contributed by atoms with van der Waals surface area (Å²) < 4.78 is 4.89. The van der Waals surface area contributed by atoms with Crippen LogP contribution in [0.2, 0.25) is 0 Å². The van der Waals surface area contributed by atoms with Gasteiger partial charge in [-0.3, -0.25) is 9.59 Å². The Morgan fingerprint density at radius 2 is 2.00 bits per heavy atom. The molecule has 2 N–H and O–H groups in total. The van der Waals surface area contributed by atoms with Gasteiger partial charge in [0, 0.05) is 17.8 Å². The summed E-state index contributed by atoms with van der Waals surface area (Å²) in [5.41, 5.74) is 1.26. The number of hydrogen-bond donors (Lipinski definition) is 2. The molecule has 0 bridgehead atoms. The minimum Gasteiger partial charge on any atom is -0.360 e. The number of aromatic nitrogens is 2. The van der Waals surface area contributed by atoms with E-state index in [2.05, 4.69) is 15.5 Å². The van der Waals surface area contributed by atoms with E-state index in [0.29, 0.717) is 22.7 Å². The van der Waals surface area contributed by atoms with E-state index >= 15 is 0 Å². The van der Waals surface area contributed by atoms with Crippen molar-refractivity contribution in [3.63, 3.8) is 0 Å². The highest BCUT2D eigenvalue weighted by molar-refractivity contribution is 6.04. The summed E-state index contributed by atoms with van der Waals surface area (Å²) in [5.74, 6) is 0.554. The molecule has 0 saturated heterocycles. The number of benzene rings is 1. The second-order valence-corrected chi connectivity index (χ2v) is 4.77. The van der Waals surface area contributed by atoms with Crippen molar-refractivity contribution < 1.29 is 9.32 Å². The van der Waals surface area contributed by atoms with E-state index in [-0.39, 0.29) is 11.5 Å². The minimum absolute atomic E-state index is 0.250. The molecule has 0 fully saturated rings. The normalized spacial score (nSPS) is 10.4. The van der Waals surface area contributed by atoms with Crippen LogP contribution in [0.15, 0.2) is 58.0 Å². The average molecular weight is 295 g/mol. The van der Waals surface area contributed by atoms with E-state index < -0.39 is 0 Å². The molecule has 0 aliphatic carbocycles. The zero-order valence-corrected chi connectivity index (χ0v) is 11.8. The topological polar surface area (TPSA) is 88.0 Å². The van der Waals surface area contributed by atoms with Gasteiger partial charge in [0.15, 0.2) is 5.82 Å². The Bertz CT molecular complexity index is 866. The van der Waals surface area contributed by atoms with Gasteiger partial charge >= 0.3 is 0 Å². The zero-order valence-electron chi connectivity index (χ0n) is 11.8. The number of pyridine rings is 1. The smallest absolute Gasteiger partial charge is 0.258 e. The van der Waals surface area contributed by atoms with Crippen LogP contribution >= 0.6 is 0 Å². The predicted octanol–water partition coefficient (Wildman–Crippen LogP) is 2.59. The van der Waals surface area contributed by atoms with Crippen molar-refractivity contribution in [2.75, 3.05) is 5.32 Å². The molecule has 2 heterocycles. The molecule has 1 aromatic carbocycles. The highest BCUT2D eigenvalue weighted by atomic mass is 16.5. The minimum atomic E-state index is -0.373. The van der Waals surface area contributed by atoms with Crippen molar-refractivity contribution in [1.82, 2.24) is 10.1 Å². The highest BCUT2D eigenvalue weighted by Gasteiger charge is 2.12. The molecule has 0 aliphatic heterocycles. The third-order valence-corrected chi connectivity index (χ3v) is 3.12. The van der Waals surface area contributed by atoms with Crippen LogP contribution in [0, 0.1) is 6.92 Å². The molecule has 0 aliphatic rings. The molecule has 0 saturated carbocycles. The van der Waals surface area contributed by atoms with Crippen LogP contribution in [-0.4, -0.2) is 16.0 Å². The number of carbonyl (C=O) groups is 1. The molecule has 0 unspecified atom stereocenters. The molecule has 6 heteroatoms. The maximum Gasteiger partial charge on any atom is 0.258 e. The quantitative estimate of drug-likeness (QED) is 0.777. The summed E-state index contributed by atoms with van der Waals surface area (Å²) >= 11 is 0. The Morgan fingerprint density at radius 1 is 1.23 bits per heavy atom. The number of nitrogens with zero attached hydrogens (tertiary/aromatic N) is 1. The molecule has 6 nitrogen and oxygen atoms in total. The van der Waals surface area contributed by atoms with Gasteiger partial charge in [-0.25, -0.2) is 0 Å². The number of aryl methyl sites for hydroxylation is 1. The van der Waals surface area contributed by atoms with E-state index in [1.54, 1.807) is 19.1 Å². The van der Waals surface area contributed by atoms with Crippen LogP contribution in [0.4, 0.5) is 5.82 Å². The first-order valence-corrected chi connectivity index (χ1v) is 6.66. The summed E-state index contributed by atoms with van der Waals surface area (Å²) in [5, 5.41) is 6.31. The van der Waals surface area contributed by atoms with Crippen molar-refractivity contribution in [3.05, 3.63) is 70.3 Å². The largest absolute Gasteiger partial charge is 0.360 e. The molecule has 1 amide bonds. The Balaban J connectivity index is 1.92. The first kappa shape index (κ1) is 13.8. The number of nitrogens with one attached hydrogen (secondary N) is 2. The molecule has 0 radical (unpaired) electrons. The molecular weight excluding hydrogens is 282 g/mol. The lowest BCUT2D eigenvalue weighted by atomic mass is 10.1. The van der Waals surface area contributed by atoms with E-state index in [4.69, 9.17) is 4.52 Å². The average Bonchev–Trinajstić information content (AvgIpc) is 2.93. The van der Waals surface area contributed by atoms with E-state index in [1.807, 2.05) is 30.3 Å². The van der Waals surface area contributed by atoms with Crippen LogP contribution in [0.1, 0.15) is 16.1 Å². The lowest BCUT2D eigenvalue weighted by Gasteiger charge is -2.04. The summed E-state index contributed by atoms with van der Waals surface area (Å²) in [6.07, 6.45) is 1.37. The molecule has 110 valence electrons. The van der Waals surface area contributed by atoms with Crippen LogP contribution in [0.5, 0.6) is 0 Å². The van der Waals surface area contributed by atoms with Crippen LogP contribution < -0.4 is 10.9 Å². The number of amides is 1. The number of rotatable bonds is 3. The van der Waals surface area contributed by atoms with Gasteiger partial charge in [-0.15, -0.1) is 0 Å². The highest BCUT2D eigenvalue weighted by Crippen LogP contribution is 2.16.